The summed E-state index contributed by atoms with van der Waals surface area (Å²) in [6, 6.07) is 9.42. The fourth-order valence-electron chi connectivity index (χ4n) is 7.74. The Morgan fingerprint density at radius 1 is 1.06 bits per heavy atom. The molecule has 11 nitrogen and oxygen atoms in total. The molecule has 0 N–H and O–H groups in total. The predicted molar refractivity (Wildman–Crippen MR) is 184 cm³/mol. The van der Waals surface area contributed by atoms with Crippen LogP contribution in [0.2, 0.25) is 16.6 Å². The average molecular weight is 680 g/mol. The molecule has 0 saturated heterocycles. The maximum absolute atomic E-state index is 14.4. The fourth-order valence-corrected chi connectivity index (χ4v) is 15.8. The number of nitriles is 1. The van der Waals surface area contributed by atoms with E-state index >= 15 is 0 Å². The molecule has 47 heavy (non-hydrogen) atoms. The molecule has 5 rings (SSSR count). The summed E-state index contributed by atoms with van der Waals surface area (Å²) < 4.78 is 36.7. The van der Waals surface area contributed by atoms with E-state index in [1.54, 1.807) is 47.3 Å². The summed E-state index contributed by atoms with van der Waals surface area (Å²) in [5, 5.41) is 22.3. The molecule has 2 aliphatic rings. The molecule has 3 aromatic rings. The quantitative estimate of drug-likeness (QED) is 0.216. The van der Waals surface area contributed by atoms with Gasteiger partial charge in [-0.15, -0.1) is 5.10 Å². The van der Waals surface area contributed by atoms with E-state index in [4.69, 9.17) is 9.69 Å². The van der Waals surface area contributed by atoms with Crippen molar-refractivity contribution in [1.29, 1.82) is 5.26 Å². The molecule has 1 amide bonds. The summed E-state index contributed by atoms with van der Waals surface area (Å²) in [7, 11) is -4.18. The lowest BCUT2D eigenvalue weighted by Crippen LogP contribution is -2.55. The van der Waals surface area contributed by atoms with Gasteiger partial charge in [0.2, 0.25) is 0 Å². The first-order valence-corrected chi connectivity index (χ1v) is 20.2. The first kappa shape index (κ1) is 35.0. The van der Waals surface area contributed by atoms with Crippen LogP contribution in [0, 0.1) is 11.3 Å². The predicted octanol–water partition coefficient (Wildman–Crippen LogP) is 5.51. The van der Waals surface area contributed by atoms with Crippen molar-refractivity contribution in [2.45, 2.75) is 107 Å². The van der Waals surface area contributed by atoms with E-state index in [2.05, 4.69) is 63.0 Å². The molecule has 1 aliphatic carbocycles. The van der Waals surface area contributed by atoms with Crippen LogP contribution in [0.5, 0.6) is 0 Å². The summed E-state index contributed by atoms with van der Waals surface area (Å²) in [5.74, 6) is -0.209. The summed E-state index contributed by atoms with van der Waals surface area (Å²) >= 11 is 0. The molecule has 0 spiro atoms. The molecule has 1 aliphatic heterocycles. The van der Waals surface area contributed by atoms with E-state index in [-0.39, 0.29) is 19.1 Å². The van der Waals surface area contributed by atoms with Crippen LogP contribution in [0.15, 0.2) is 30.5 Å². The highest BCUT2D eigenvalue weighted by Gasteiger charge is 2.61. The number of rotatable bonds is 13. The van der Waals surface area contributed by atoms with E-state index in [1.165, 1.54) is 0 Å². The zero-order valence-electron chi connectivity index (χ0n) is 29.2. The number of aromatic nitrogens is 5. The number of carbonyl (C=O) groups excluding carboxylic acids is 1. The number of hydrogen-bond acceptors (Lipinski definition) is 8. The molecule has 3 heterocycles. The fraction of sp³-hybridized carbons (Fsp3) is 0.618. The van der Waals surface area contributed by atoms with Gasteiger partial charge in [-0.1, -0.05) is 58.9 Å². The molecule has 0 radical (unpaired) electrons. The maximum atomic E-state index is 14.4. The molecule has 254 valence electrons. The third-order valence-electron chi connectivity index (χ3n) is 10.4. The SMILES string of the molecule is CC(C)[Si](OCC(C)(C)S(=O)(=O)C1(CN2CCc3c(-c4cn(Cc5ccc(C#N)cc5)nn4)nn(C)c3C2=O)CC1)(C(C)C)C(C)C. The lowest BCUT2D eigenvalue weighted by atomic mass is 10.0. The summed E-state index contributed by atoms with van der Waals surface area (Å²) in [5.41, 5.74) is 5.09. The van der Waals surface area contributed by atoms with Crippen molar-refractivity contribution in [3.8, 4) is 17.5 Å². The van der Waals surface area contributed by atoms with E-state index in [0.717, 1.165) is 11.1 Å². The van der Waals surface area contributed by atoms with Gasteiger partial charge in [0.05, 0.1) is 40.5 Å². The number of hydrogen-bond donors (Lipinski definition) is 0. The van der Waals surface area contributed by atoms with Crippen LogP contribution in [0.4, 0.5) is 0 Å². The molecule has 1 fully saturated rings. The van der Waals surface area contributed by atoms with E-state index in [0.29, 0.717) is 71.6 Å². The molecular weight excluding hydrogens is 631 g/mol. The van der Waals surface area contributed by atoms with Gasteiger partial charge in [-0.2, -0.15) is 10.4 Å². The first-order chi connectivity index (χ1) is 22.0. The molecule has 1 aromatic carbocycles. The van der Waals surface area contributed by atoms with Crippen LogP contribution < -0.4 is 0 Å². The first-order valence-electron chi connectivity index (χ1n) is 16.6. The van der Waals surface area contributed by atoms with Crippen molar-refractivity contribution in [2.24, 2.45) is 7.05 Å². The van der Waals surface area contributed by atoms with Crippen molar-refractivity contribution in [3.05, 3.63) is 52.8 Å². The van der Waals surface area contributed by atoms with Crippen LogP contribution >= 0.6 is 0 Å². The monoisotopic (exact) mass is 679 g/mol. The second-order valence-electron chi connectivity index (χ2n) is 14.9. The standard InChI is InChI=1S/C34H49N7O4SSi/c1-23(2)47(24(3)4,25(5)6)45-22-33(7,8)46(43,44)34(15-16-34)21-40-17-14-28-30(37-39(9)31(28)32(40)42)29-20-41(38-36-29)19-27-12-10-26(18-35)11-13-27/h10-13,20,23-25H,14-17,19,21-22H2,1-9H3. The minimum absolute atomic E-state index is 0.160. The van der Waals surface area contributed by atoms with Crippen molar-refractivity contribution in [1.82, 2.24) is 29.7 Å². The Balaban J connectivity index is 1.32. The Labute approximate surface area is 280 Å². The average Bonchev–Trinajstić information content (AvgIpc) is 3.53. The number of carbonyl (C=O) groups is 1. The van der Waals surface area contributed by atoms with E-state index in [9.17, 15) is 13.2 Å². The third-order valence-corrected chi connectivity index (χ3v) is 19.7. The third kappa shape index (κ3) is 6.08. The van der Waals surface area contributed by atoms with Gasteiger partial charge in [-0.05, 0) is 67.4 Å². The second kappa shape index (κ2) is 12.6. The number of amides is 1. The molecule has 0 unspecified atom stereocenters. The Morgan fingerprint density at radius 3 is 2.23 bits per heavy atom. The van der Waals surface area contributed by atoms with Gasteiger partial charge < -0.3 is 9.33 Å². The Hall–Kier alpha value is -3.34. The number of sulfone groups is 1. The second-order valence-corrected chi connectivity index (χ2v) is 23.4. The maximum Gasteiger partial charge on any atom is 0.272 e. The van der Waals surface area contributed by atoms with Crippen molar-refractivity contribution < 1.29 is 17.6 Å². The van der Waals surface area contributed by atoms with Crippen molar-refractivity contribution >= 4 is 24.1 Å². The molecule has 13 heteroatoms. The molecule has 0 bridgehead atoms. The Morgan fingerprint density at radius 2 is 1.68 bits per heavy atom. The topological polar surface area (TPSA) is 136 Å². The Kier molecular flexibility index (Phi) is 9.37. The van der Waals surface area contributed by atoms with Gasteiger partial charge in [0.25, 0.3) is 5.91 Å². The van der Waals surface area contributed by atoms with E-state index in [1.807, 2.05) is 18.3 Å². The minimum Gasteiger partial charge on any atom is -0.414 e. The number of fused-ring (bicyclic) bond motifs is 1. The largest absolute Gasteiger partial charge is 0.414 e. The van der Waals surface area contributed by atoms with Crippen molar-refractivity contribution in [2.75, 3.05) is 19.7 Å². The number of aryl methyl sites for hydroxylation is 1. The molecule has 2 aromatic heterocycles. The van der Waals surface area contributed by atoms with Crippen LogP contribution in [0.25, 0.3) is 11.4 Å². The summed E-state index contributed by atoms with van der Waals surface area (Å²) in [6.45, 7) is 18.0. The smallest absolute Gasteiger partial charge is 0.272 e. The van der Waals surface area contributed by atoms with Crippen LogP contribution in [0.1, 0.15) is 95.4 Å². The highest BCUT2D eigenvalue weighted by Crippen LogP contribution is 2.50. The minimum atomic E-state index is -3.66. The summed E-state index contributed by atoms with van der Waals surface area (Å²) in [6.07, 6.45) is 3.43. The van der Waals surface area contributed by atoms with Gasteiger partial charge in [-0.3, -0.25) is 9.48 Å². The lowest BCUT2D eigenvalue weighted by molar-refractivity contribution is 0.0724. The van der Waals surface area contributed by atoms with Gasteiger partial charge in [0, 0.05) is 25.7 Å². The normalized spacial score (nSPS) is 16.7. The highest BCUT2D eigenvalue weighted by molar-refractivity contribution is 7.94. The molecule has 0 atom stereocenters. The van der Waals surface area contributed by atoms with Crippen LogP contribution in [-0.4, -0.2) is 81.5 Å². The van der Waals surface area contributed by atoms with Crippen LogP contribution in [0.3, 0.4) is 0 Å². The van der Waals surface area contributed by atoms with Gasteiger partial charge in [0.15, 0.2) is 18.2 Å². The Bertz CT molecular complexity index is 1760. The number of nitrogens with zero attached hydrogens (tertiary/aromatic N) is 7. The summed E-state index contributed by atoms with van der Waals surface area (Å²) in [4.78, 5) is 15.6. The highest BCUT2D eigenvalue weighted by atomic mass is 32.2. The zero-order valence-corrected chi connectivity index (χ0v) is 31.1. The van der Waals surface area contributed by atoms with E-state index < -0.39 is 27.6 Å². The van der Waals surface area contributed by atoms with Gasteiger partial charge >= 0.3 is 0 Å². The molecule has 1 saturated carbocycles. The zero-order chi connectivity index (χ0) is 34.5. The van der Waals surface area contributed by atoms with Gasteiger partial charge in [-0.25, -0.2) is 13.1 Å². The van der Waals surface area contributed by atoms with Gasteiger partial charge in [0.1, 0.15) is 17.1 Å². The van der Waals surface area contributed by atoms with Crippen molar-refractivity contribution in [3.63, 3.8) is 0 Å². The lowest BCUT2D eigenvalue weighted by Gasteiger charge is -2.44. The number of benzene rings is 1. The van der Waals surface area contributed by atoms with Crippen LogP contribution in [-0.2, 0) is 34.3 Å². The molecular formula is C34H49N7O4SSi.